The summed E-state index contributed by atoms with van der Waals surface area (Å²) >= 11 is 0. The van der Waals surface area contributed by atoms with Crippen molar-refractivity contribution in [3.05, 3.63) is 22.4 Å². The minimum atomic E-state index is -0.333. The van der Waals surface area contributed by atoms with Crippen molar-refractivity contribution in [3.63, 3.8) is 0 Å². The van der Waals surface area contributed by atoms with E-state index in [1.807, 2.05) is 34.6 Å². The Bertz CT molecular complexity index is 673. The second-order valence-electron chi connectivity index (χ2n) is 6.53. The average molecular weight is 331 g/mol. The summed E-state index contributed by atoms with van der Waals surface area (Å²) in [5.41, 5.74) is 2.74. The fourth-order valence-electron chi connectivity index (χ4n) is 2.92. The molecule has 2 heterocycles. The first-order valence-corrected chi connectivity index (χ1v) is 8.30. The van der Waals surface area contributed by atoms with Gasteiger partial charge in [0.2, 0.25) is 5.88 Å². The Hall–Kier alpha value is -2.13. The molecule has 1 amide bonds. The van der Waals surface area contributed by atoms with E-state index in [9.17, 15) is 10.1 Å². The number of nitrogens with zero attached hydrogens (tertiary/aromatic N) is 3. The number of aryl methyl sites for hydroxylation is 1. The second-order valence-corrected chi connectivity index (χ2v) is 6.53. The Morgan fingerprint density at radius 3 is 2.62 bits per heavy atom. The van der Waals surface area contributed by atoms with Crippen LogP contribution in [0.2, 0.25) is 0 Å². The number of carbonyl (C=O) groups excluding carboxylic acids is 1. The largest absolute Gasteiger partial charge is 0.467 e. The second kappa shape index (κ2) is 7.18. The Morgan fingerprint density at radius 1 is 1.38 bits per heavy atom. The maximum Gasteiger partial charge on any atom is 0.260 e. The molecule has 130 valence electrons. The fraction of sp³-hybridized carbons (Fsp3) is 0.611. The zero-order chi connectivity index (χ0) is 17.9. The lowest BCUT2D eigenvalue weighted by molar-refractivity contribution is -0.133. The smallest absolute Gasteiger partial charge is 0.260 e. The molecule has 1 aromatic heterocycles. The van der Waals surface area contributed by atoms with Gasteiger partial charge in [-0.15, -0.1) is 0 Å². The van der Waals surface area contributed by atoms with Crippen LogP contribution in [0.3, 0.4) is 0 Å². The molecule has 1 aliphatic rings. The van der Waals surface area contributed by atoms with Gasteiger partial charge < -0.3 is 14.4 Å². The van der Waals surface area contributed by atoms with Crippen LogP contribution in [-0.2, 0) is 22.6 Å². The maximum atomic E-state index is 12.1. The molecule has 0 saturated heterocycles. The number of nitriles is 1. The van der Waals surface area contributed by atoms with Crippen molar-refractivity contribution in [2.75, 3.05) is 19.7 Å². The number of ether oxygens (including phenoxy) is 2. The first kappa shape index (κ1) is 18.2. The lowest BCUT2D eigenvalue weighted by atomic mass is 9.88. The van der Waals surface area contributed by atoms with Gasteiger partial charge in [0.05, 0.1) is 12.2 Å². The van der Waals surface area contributed by atoms with E-state index in [0.29, 0.717) is 31.7 Å². The van der Waals surface area contributed by atoms with Crippen LogP contribution in [0.1, 0.15) is 50.1 Å². The van der Waals surface area contributed by atoms with Crippen molar-refractivity contribution >= 4 is 5.91 Å². The van der Waals surface area contributed by atoms with E-state index in [0.717, 1.165) is 16.8 Å². The van der Waals surface area contributed by atoms with Gasteiger partial charge >= 0.3 is 0 Å². The van der Waals surface area contributed by atoms with Gasteiger partial charge in [0, 0.05) is 30.8 Å². The quantitative estimate of drug-likeness (QED) is 0.828. The van der Waals surface area contributed by atoms with E-state index in [1.54, 1.807) is 4.90 Å². The summed E-state index contributed by atoms with van der Waals surface area (Å²) < 4.78 is 11.4. The van der Waals surface area contributed by atoms with Crippen LogP contribution in [0, 0.1) is 18.3 Å². The molecule has 0 unspecified atom stereocenters. The van der Waals surface area contributed by atoms with E-state index in [2.05, 4.69) is 11.1 Å². The summed E-state index contributed by atoms with van der Waals surface area (Å²) in [6, 6.07) is 2.20. The zero-order valence-corrected chi connectivity index (χ0v) is 15.1. The first-order valence-electron chi connectivity index (χ1n) is 8.30. The average Bonchev–Trinajstić information content (AvgIpc) is 2.53. The van der Waals surface area contributed by atoms with E-state index in [4.69, 9.17) is 9.47 Å². The zero-order valence-electron chi connectivity index (χ0n) is 15.1. The van der Waals surface area contributed by atoms with Crippen molar-refractivity contribution in [1.29, 1.82) is 5.26 Å². The lowest BCUT2D eigenvalue weighted by Crippen LogP contribution is -2.35. The standard InChI is InChI=1S/C18H25N3O3/c1-6-21(7-2)16(22)11-23-17-14(9-19)13-8-18(4,5)24-10-15(13)12(3)20-17/h6-8,10-11H2,1-5H3. The monoisotopic (exact) mass is 331 g/mol. The van der Waals surface area contributed by atoms with Crippen molar-refractivity contribution < 1.29 is 14.3 Å². The van der Waals surface area contributed by atoms with Gasteiger partial charge in [-0.3, -0.25) is 4.79 Å². The molecule has 0 aliphatic carbocycles. The number of rotatable bonds is 5. The van der Waals surface area contributed by atoms with Crippen molar-refractivity contribution in [2.45, 2.75) is 53.2 Å². The third-order valence-corrected chi connectivity index (χ3v) is 4.36. The number of carbonyl (C=O) groups is 1. The Balaban J connectivity index is 2.30. The number of amides is 1. The van der Waals surface area contributed by atoms with Crippen LogP contribution < -0.4 is 4.74 Å². The number of likely N-dealkylation sites (N-methyl/N-ethyl adjacent to an activating group) is 1. The first-order chi connectivity index (χ1) is 11.3. The SMILES string of the molecule is CCN(CC)C(=O)COc1nc(C)c2c(c1C#N)CC(C)(C)OC2. The van der Waals surface area contributed by atoms with E-state index in [-0.39, 0.29) is 24.0 Å². The minimum absolute atomic E-state index is 0.107. The van der Waals surface area contributed by atoms with Crippen molar-refractivity contribution in [3.8, 4) is 11.9 Å². The predicted octanol–water partition coefficient (Wildman–Crippen LogP) is 2.36. The Morgan fingerprint density at radius 2 is 2.04 bits per heavy atom. The molecule has 0 saturated carbocycles. The molecule has 6 nitrogen and oxygen atoms in total. The molecule has 0 spiro atoms. The van der Waals surface area contributed by atoms with Crippen molar-refractivity contribution in [1.82, 2.24) is 9.88 Å². The highest BCUT2D eigenvalue weighted by atomic mass is 16.5. The number of hydrogen-bond acceptors (Lipinski definition) is 5. The molecule has 0 fully saturated rings. The molecule has 1 aliphatic heterocycles. The van der Waals surface area contributed by atoms with Gasteiger partial charge in [-0.2, -0.15) is 5.26 Å². The van der Waals surface area contributed by atoms with Gasteiger partial charge in [-0.25, -0.2) is 4.98 Å². The number of hydrogen-bond donors (Lipinski definition) is 0. The molecule has 2 rings (SSSR count). The molecule has 0 N–H and O–H groups in total. The maximum absolute atomic E-state index is 12.1. The van der Waals surface area contributed by atoms with Crippen LogP contribution in [0.15, 0.2) is 0 Å². The van der Waals surface area contributed by atoms with Gasteiger partial charge in [0.15, 0.2) is 6.61 Å². The molecule has 24 heavy (non-hydrogen) atoms. The highest BCUT2D eigenvalue weighted by Gasteiger charge is 2.31. The fourth-order valence-corrected chi connectivity index (χ4v) is 2.92. The normalized spacial score (nSPS) is 15.3. The molecular weight excluding hydrogens is 306 g/mol. The molecule has 6 heteroatoms. The Labute approximate surface area is 143 Å². The summed E-state index contributed by atoms with van der Waals surface area (Å²) in [6.07, 6.45) is 0.620. The third kappa shape index (κ3) is 3.68. The molecule has 0 aromatic carbocycles. The molecule has 1 aromatic rings. The summed E-state index contributed by atoms with van der Waals surface area (Å²) in [4.78, 5) is 18.2. The van der Waals surface area contributed by atoms with E-state index < -0.39 is 0 Å². The topological polar surface area (TPSA) is 75.5 Å². The summed E-state index contributed by atoms with van der Waals surface area (Å²) in [7, 11) is 0. The number of fused-ring (bicyclic) bond motifs is 1. The summed E-state index contributed by atoms with van der Waals surface area (Å²) in [5, 5.41) is 9.60. The van der Waals surface area contributed by atoms with Gasteiger partial charge in [-0.1, -0.05) is 0 Å². The predicted molar refractivity (Wildman–Crippen MR) is 89.7 cm³/mol. The van der Waals surface area contributed by atoms with Crippen LogP contribution in [-0.4, -0.2) is 41.1 Å². The molecule has 0 atom stereocenters. The van der Waals surface area contributed by atoms with E-state index >= 15 is 0 Å². The number of pyridine rings is 1. The third-order valence-electron chi connectivity index (χ3n) is 4.36. The molecular formula is C18H25N3O3. The summed E-state index contributed by atoms with van der Waals surface area (Å²) in [6.45, 7) is 11.3. The highest BCUT2D eigenvalue weighted by molar-refractivity contribution is 5.77. The lowest BCUT2D eigenvalue weighted by Gasteiger charge is -2.33. The van der Waals surface area contributed by atoms with Crippen LogP contribution >= 0.6 is 0 Å². The van der Waals surface area contributed by atoms with Crippen LogP contribution in [0.5, 0.6) is 5.88 Å². The van der Waals surface area contributed by atoms with Gasteiger partial charge in [0.25, 0.3) is 5.91 Å². The van der Waals surface area contributed by atoms with Crippen LogP contribution in [0.4, 0.5) is 0 Å². The highest BCUT2D eigenvalue weighted by Crippen LogP contribution is 2.34. The van der Waals surface area contributed by atoms with Gasteiger partial charge in [-0.05, 0) is 40.2 Å². The number of aromatic nitrogens is 1. The Kier molecular flexibility index (Phi) is 5.45. The summed E-state index contributed by atoms with van der Waals surface area (Å²) in [5.74, 6) is 0.136. The van der Waals surface area contributed by atoms with Crippen LogP contribution in [0.25, 0.3) is 0 Å². The van der Waals surface area contributed by atoms with Gasteiger partial charge in [0.1, 0.15) is 11.6 Å². The molecule has 0 radical (unpaired) electrons. The minimum Gasteiger partial charge on any atom is -0.467 e. The van der Waals surface area contributed by atoms with Crippen molar-refractivity contribution in [2.24, 2.45) is 0 Å². The van der Waals surface area contributed by atoms with E-state index in [1.165, 1.54) is 0 Å². The molecule has 0 bridgehead atoms.